The van der Waals surface area contributed by atoms with Crippen molar-refractivity contribution >= 4 is 10.1 Å². The number of benzene rings is 1. The number of piperidine rings is 1. The number of rotatable bonds is 4. The fourth-order valence-corrected chi connectivity index (χ4v) is 2.96. The van der Waals surface area contributed by atoms with Crippen molar-refractivity contribution in [3.8, 4) is 0 Å². The summed E-state index contributed by atoms with van der Waals surface area (Å²) in [5.41, 5.74) is 7.13. The maximum absolute atomic E-state index is 11.2. The Bertz CT molecular complexity index is 504. The van der Waals surface area contributed by atoms with E-state index in [-0.39, 0.29) is 6.04 Å². The Kier molecular flexibility index (Phi) is 4.57. The van der Waals surface area contributed by atoms with Gasteiger partial charge in [-0.2, -0.15) is 8.42 Å². The molecule has 0 bridgehead atoms. The summed E-state index contributed by atoms with van der Waals surface area (Å²) in [6.45, 7) is 2.19. The smallest absolute Gasteiger partial charge is 0.264 e. The maximum atomic E-state index is 11.2. The number of nitrogens with zero attached hydrogens (tertiary/aromatic N) is 1. The molecule has 2 N–H and O–H groups in total. The number of likely N-dealkylation sites (tertiary alicyclic amines) is 1. The molecule has 2 unspecified atom stereocenters. The third kappa shape index (κ3) is 4.58. The van der Waals surface area contributed by atoms with Gasteiger partial charge in [-0.25, -0.2) is 0 Å². The lowest BCUT2D eigenvalue weighted by Crippen LogP contribution is -2.51. The topological polar surface area (TPSA) is 72.6 Å². The molecule has 1 saturated heterocycles. The van der Waals surface area contributed by atoms with E-state index in [1.54, 1.807) is 0 Å². The van der Waals surface area contributed by atoms with Gasteiger partial charge in [0.15, 0.2) is 0 Å². The summed E-state index contributed by atoms with van der Waals surface area (Å²) in [6.07, 6.45) is 1.36. The van der Waals surface area contributed by atoms with E-state index in [9.17, 15) is 8.42 Å². The Morgan fingerprint density at radius 2 is 2.05 bits per heavy atom. The van der Waals surface area contributed by atoms with Crippen LogP contribution in [0.2, 0.25) is 0 Å². The lowest BCUT2D eigenvalue weighted by Gasteiger charge is -2.35. The molecule has 2 rings (SSSR count). The summed E-state index contributed by atoms with van der Waals surface area (Å²) in [4.78, 5) is 2.18. The number of nitrogens with two attached hydrogens (primary N) is 1. The second-order valence-electron chi connectivity index (χ2n) is 5.01. The van der Waals surface area contributed by atoms with E-state index >= 15 is 0 Å². The molecule has 1 aliphatic heterocycles. The third-order valence-corrected chi connectivity index (χ3v) is 3.84. The van der Waals surface area contributed by atoms with Gasteiger partial charge in [0.1, 0.15) is 6.10 Å². The first kappa shape index (κ1) is 14.5. The van der Waals surface area contributed by atoms with Crippen molar-refractivity contribution < 1.29 is 12.6 Å². The van der Waals surface area contributed by atoms with E-state index in [2.05, 4.69) is 17.0 Å². The molecule has 0 spiro atoms. The van der Waals surface area contributed by atoms with E-state index in [1.807, 2.05) is 18.2 Å². The molecule has 1 aliphatic rings. The Morgan fingerprint density at radius 3 is 2.68 bits per heavy atom. The van der Waals surface area contributed by atoms with Crippen LogP contribution in [0.1, 0.15) is 12.0 Å². The molecule has 0 saturated carbocycles. The normalized spacial score (nSPS) is 25.4. The van der Waals surface area contributed by atoms with Crippen molar-refractivity contribution in [1.82, 2.24) is 4.90 Å². The lowest BCUT2D eigenvalue weighted by molar-refractivity contribution is 0.0726. The van der Waals surface area contributed by atoms with Crippen LogP contribution in [0, 0.1) is 0 Å². The van der Waals surface area contributed by atoms with E-state index in [0.717, 1.165) is 25.8 Å². The minimum Gasteiger partial charge on any atom is -0.325 e. The Morgan fingerprint density at radius 1 is 1.37 bits per heavy atom. The fraction of sp³-hybridized carbons (Fsp3) is 0.538. The minimum absolute atomic E-state index is 0.221. The largest absolute Gasteiger partial charge is 0.325 e. The molecule has 1 aromatic carbocycles. The quantitative estimate of drug-likeness (QED) is 0.818. The molecule has 0 aliphatic carbocycles. The van der Waals surface area contributed by atoms with Crippen LogP contribution in [0.15, 0.2) is 30.3 Å². The summed E-state index contributed by atoms with van der Waals surface area (Å²) in [7, 11) is -3.46. The molecule has 6 heteroatoms. The van der Waals surface area contributed by atoms with Gasteiger partial charge in [0.25, 0.3) is 10.1 Å². The summed E-state index contributed by atoms with van der Waals surface area (Å²) >= 11 is 0. The molecular weight excluding hydrogens is 264 g/mol. The zero-order valence-corrected chi connectivity index (χ0v) is 11.8. The van der Waals surface area contributed by atoms with Crippen LogP contribution in [0.25, 0.3) is 0 Å². The van der Waals surface area contributed by atoms with Crippen molar-refractivity contribution in [3.05, 3.63) is 35.9 Å². The molecule has 1 fully saturated rings. The SMILES string of the molecule is CS(=O)(=O)OC1CN(Cc2ccccc2)CCC1N. The molecule has 19 heavy (non-hydrogen) atoms. The number of hydrogen-bond acceptors (Lipinski definition) is 5. The van der Waals surface area contributed by atoms with E-state index < -0.39 is 16.2 Å². The van der Waals surface area contributed by atoms with Gasteiger partial charge in [-0.05, 0) is 12.0 Å². The van der Waals surface area contributed by atoms with Crippen molar-refractivity contribution in [1.29, 1.82) is 0 Å². The first-order valence-electron chi connectivity index (χ1n) is 6.34. The highest BCUT2D eigenvalue weighted by Gasteiger charge is 2.30. The van der Waals surface area contributed by atoms with Crippen molar-refractivity contribution in [3.63, 3.8) is 0 Å². The average molecular weight is 284 g/mol. The molecule has 5 nitrogen and oxygen atoms in total. The van der Waals surface area contributed by atoms with Crippen molar-refractivity contribution in [2.24, 2.45) is 5.73 Å². The van der Waals surface area contributed by atoms with Crippen LogP contribution in [0.4, 0.5) is 0 Å². The predicted octanol–water partition coefficient (Wildman–Crippen LogP) is 0.564. The number of hydrogen-bond donors (Lipinski definition) is 1. The Labute approximate surface area is 114 Å². The van der Waals surface area contributed by atoms with E-state index in [0.29, 0.717) is 6.54 Å². The summed E-state index contributed by atoms with van der Waals surface area (Å²) in [5, 5.41) is 0. The molecule has 106 valence electrons. The van der Waals surface area contributed by atoms with Gasteiger partial charge in [-0.1, -0.05) is 30.3 Å². The monoisotopic (exact) mass is 284 g/mol. The van der Waals surface area contributed by atoms with E-state index in [1.165, 1.54) is 5.56 Å². The highest BCUT2D eigenvalue weighted by Crippen LogP contribution is 2.16. The van der Waals surface area contributed by atoms with Gasteiger partial charge >= 0.3 is 0 Å². The van der Waals surface area contributed by atoms with Crippen LogP contribution in [0.3, 0.4) is 0 Å². The zero-order chi connectivity index (χ0) is 13.9. The Balaban J connectivity index is 1.97. The first-order chi connectivity index (χ1) is 8.94. The molecule has 0 amide bonds. The highest BCUT2D eigenvalue weighted by atomic mass is 32.2. The van der Waals surface area contributed by atoms with Gasteiger partial charge < -0.3 is 5.73 Å². The van der Waals surface area contributed by atoms with Crippen LogP contribution < -0.4 is 5.73 Å². The van der Waals surface area contributed by atoms with Gasteiger partial charge in [0.2, 0.25) is 0 Å². The summed E-state index contributed by atoms with van der Waals surface area (Å²) < 4.78 is 27.5. The first-order valence-corrected chi connectivity index (χ1v) is 8.16. The molecule has 2 atom stereocenters. The molecule has 0 radical (unpaired) electrons. The Hall–Kier alpha value is -0.950. The zero-order valence-electron chi connectivity index (χ0n) is 11.0. The molecule has 0 aromatic heterocycles. The van der Waals surface area contributed by atoms with Crippen LogP contribution in [-0.4, -0.2) is 44.8 Å². The molecule has 1 aromatic rings. The van der Waals surface area contributed by atoms with Gasteiger partial charge in [-0.3, -0.25) is 9.08 Å². The van der Waals surface area contributed by atoms with Gasteiger partial charge in [0, 0.05) is 25.7 Å². The average Bonchev–Trinajstić information content (AvgIpc) is 2.33. The second-order valence-corrected chi connectivity index (χ2v) is 6.61. The predicted molar refractivity (Wildman–Crippen MR) is 74.0 cm³/mol. The van der Waals surface area contributed by atoms with Crippen molar-refractivity contribution in [2.75, 3.05) is 19.3 Å². The minimum atomic E-state index is -3.46. The maximum Gasteiger partial charge on any atom is 0.264 e. The summed E-state index contributed by atoms with van der Waals surface area (Å²) in [5.74, 6) is 0. The van der Waals surface area contributed by atoms with Gasteiger partial charge in [-0.15, -0.1) is 0 Å². The summed E-state index contributed by atoms with van der Waals surface area (Å²) in [6, 6.07) is 9.86. The lowest BCUT2D eigenvalue weighted by atomic mass is 10.0. The third-order valence-electron chi connectivity index (χ3n) is 3.24. The standard InChI is InChI=1S/C13H20N2O3S/c1-19(16,17)18-13-10-15(8-7-12(13)14)9-11-5-3-2-4-6-11/h2-6,12-13H,7-10,14H2,1H3. The highest BCUT2D eigenvalue weighted by molar-refractivity contribution is 7.86. The van der Waals surface area contributed by atoms with E-state index in [4.69, 9.17) is 9.92 Å². The second kappa shape index (κ2) is 6.00. The van der Waals surface area contributed by atoms with Crippen molar-refractivity contribution in [2.45, 2.75) is 25.1 Å². The van der Waals surface area contributed by atoms with Gasteiger partial charge in [0.05, 0.1) is 6.26 Å². The van der Waals surface area contributed by atoms with Crippen LogP contribution >= 0.6 is 0 Å². The molecule has 1 heterocycles. The van der Waals surface area contributed by atoms with Crippen LogP contribution in [-0.2, 0) is 20.8 Å². The fourth-order valence-electron chi connectivity index (χ4n) is 2.31. The molecular formula is C13H20N2O3S. The van der Waals surface area contributed by atoms with Crippen LogP contribution in [0.5, 0.6) is 0 Å².